The standard InChI is InChI=1S/C16H19NO3/c1-16(2)9-13(17-7-3-4-15(17)19)12-8-11(10-18)5-6-14(12)20-16/h5-6,8,10,13H,3-4,7,9H2,1-2H3/t13-/m1/s1. The van der Waals surface area contributed by atoms with Gasteiger partial charge in [-0.3, -0.25) is 9.59 Å². The fourth-order valence-corrected chi connectivity index (χ4v) is 3.19. The first kappa shape index (κ1) is 13.2. The highest BCUT2D eigenvalue weighted by atomic mass is 16.5. The van der Waals surface area contributed by atoms with E-state index in [0.717, 1.165) is 37.0 Å². The quantitative estimate of drug-likeness (QED) is 0.778. The Labute approximate surface area is 118 Å². The molecule has 4 heteroatoms. The van der Waals surface area contributed by atoms with Crippen molar-refractivity contribution >= 4 is 12.2 Å². The van der Waals surface area contributed by atoms with Crippen LogP contribution in [0.2, 0.25) is 0 Å². The van der Waals surface area contributed by atoms with Gasteiger partial charge in [-0.15, -0.1) is 0 Å². The van der Waals surface area contributed by atoms with Crippen LogP contribution in [-0.2, 0) is 4.79 Å². The van der Waals surface area contributed by atoms with Crippen molar-refractivity contribution in [2.24, 2.45) is 0 Å². The van der Waals surface area contributed by atoms with Crippen LogP contribution in [0, 0.1) is 0 Å². The molecule has 0 saturated carbocycles. The Hall–Kier alpha value is -1.84. The number of rotatable bonds is 2. The van der Waals surface area contributed by atoms with Crippen LogP contribution in [0.3, 0.4) is 0 Å². The van der Waals surface area contributed by atoms with Crippen molar-refractivity contribution in [2.75, 3.05) is 6.54 Å². The first-order valence-corrected chi connectivity index (χ1v) is 7.08. The molecule has 1 amide bonds. The van der Waals surface area contributed by atoms with Crippen LogP contribution >= 0.6 is 0 Å². The van der Waals surface area contributed by atoms with Crippen LogP contribution in [-0.4, -0.2) is 29.2 Å². The van der Waals surface area contributed by atoms with Gasteiger partial charge in [-0.25, -0.2) is 0 Å². The number of carbonyl (C=O) groups excluding carboxylic acids is 2. The molecule has 3 rings (SSSR count). The lowest BCUT2D eigenvalue weighted by molar-refractivity contribution is -0.131. The number of hydrogen-bond donors (Lipinski definition) is 0. The van der Waals surface area contributed by atoms with E-state index in [1.165, 1.54) is 0 Å². The van der Waals surface area contributed by atoms with Gasteiger partial charge in [-0.1, -0.05) is 0 Å². The summed E-state index contributed by atoms with van der Waals surface area (Å²) in [6, 6.07) is 5.47. The molecular weight excluding hydrogens is 254 g/mol. The third kappa shape index (κ3) is 2.19. The monoisotopic (exact) mass is 273 g/mol. The van der Waals surface area contributed by atoms with E-state index in [1.54, 1.807) is 6.07 Å². The minimum Gasteiger partial charge on any atom is -0.487 e. The lowest BCUT2D eigenvalue weighted by Crippen LogP contribution is -2.42. The number of hydrogen-bond acceptors (Lipinski definition) is 3. The van der Waals surface area contributed by atoms with Crippen molar-refractivity contribution in [1.29, 1.82) is 0 Å². The highest BCUT2D eigenvalue weighted by Gasteiger charge is 2.39. The van der Waals surface area contributed by atoms with Crippen LogP contribution in [0.25, 0.3) is 0 Å². The van der Waals surface area contributed by atoms with Gasteiger partial charge >= 0.3 is 0 Å². The summed E-state index contributed by atoms with van der Waals surface area (Å²) < 4.78 is 5.99. The van der Waals surface area contributed by atoms with E-state index in [9.17, 15) is 9.59 Å². The predicted molar refractivity (Wildman–Crippen MR) is 74.8 cm³/mol. The third-order valence-corrected chi connectivity index (χ3v) is 4.09. The van der Waals surface area contributed by atoms with E-state index < -0.39 is 0 Å². The molecule has 1 fully saturated rings. The number of nitrogens with zero attached hydrogens (tertiary/aromatic N) is 1. The zero-order chi connectivity index (χ0) is 14.3. The van der Waals surface area contributed by atoms with Crippen molar-refractivity contribution in [1.82, 2.24) is 4.90 Å². The van der Waals surface area contributed by atoms with Crippen molar-refractivity contribution in [2.45, 2.75) is 44.8 Å². The number of amides is 1. The second-order valence-corrected chi connectivity index (χ2v) is 6.19. The summed E-state index contributed by atoms with van der Waals surface area (Å²) in [5.41, 5.74) is 1.29. The van der Waals surface area contributed by atoms with Crippen LogP contribution in [0.4, 0.5) is 0 Å². The van der Waals surface area contributed by atoms with E-state index in [-0.39, 0.29) is 17.6 Å². The summed E-state index contributed by atoms with van der Waals surface area (Å²) in [5.74, 6) is 0.992. The van der Waals surface area contributed by atoms with Crippen LogP contribution < -0.4 is 4.74 Å². The van der Waals surface area contributed by atoms with Crippen molar-refractivity contribution in [3.63, 3.8) is 0 Å². The normalized spacial score (nSPS) is 24.2. The van der Waals surface area contributed by atoms with Crippen molar-refractivity contribution in [3.8, 4) is 5.75 Å². The molecule has 2 aliphatic heterocycles. The molecule has 4 nitrogen and oxygen atoms in total. The van der Waals surface area contributed by atoms with E-state index in [2.05, 4.69) is 0 Å². The highest BCUT2D eigenvalue weighted by molar-refractivity contribution is 5.79. The Bertz CT molecular complexity index is 565. The smallest absolute Gasteiger partial charge is 0.223 e. The van der Waals surface area contributed by atoms with Crippen LogP contribution in [0.1, 0.15) is 55.1 Å². The maximum absolute atomic E-state index is 12.1. The van der Waals surface area contributed by atoms with Crippen LogP contribution in [0.5, 0.6) is 5.75 Å². The maximum Gasteiger partial charge on any atom is 0.223 e. The fourth-order valence-electron chi connectivity index (χ4n) is 3.19. The molecule has 106 valence electrons. The topological polar surface area (TPSA) is 46.6 Å². The van der Waals surface area contributed by atoms with Crippen LogP contribution in [0.15, 0.2) is 18.2 Å². The number of benzene rings is 1. The predicted octanol–water partition coefficient (Wildman–Crippen LogP) is 2.72. The van der Waals surface area contributed by atoms with Crippen molar-refractivity contribution in [3.05, 3.63) is 29.3 Å². The lowest BCUT2D eigenvalue weighted by atomic mass is 9.88. The van der Waals surface area contributed by atoms with Crippen molar-refractivity contribution < 1.29 is 14.3 Å². The van der Waals surface area contributed by atoms with E-state index in [4.69, 9.17) is 4.74 Å². The Morgan fingerprint density at radius 2 is 2.20 bits per heavy atom. The number of fused-ring (bicyclic) bond motifs is 1. The number of likely N-dealkylation sites (tertiary alicyclic amines) is 1. The maximum atomic E-state index is 12.1. The zero-order valence-electron chi connectivity index (χ0n) is 11.9. The largest absolute Gasteiger partial charge is 0.487 e. The van der Waals surface area contributed by atoms with Gasteiger partial charge < -0.3 is 9.64 Å². The summed E-state index contributed by atoms with van der Waals surface area (Å²) >= 11 is 0. The Morgan fingerprint density at radius 3 is 2.85 bits per heavy atom. The molecule has 0 radical (unpaired) electrons. The second-order valence-electron chi connectivity index (χ2n) is 6.19. The van der Waals surface area contributed by atoms with Gasteiger partial charge in [-0.05, 0) is 38.5 Å². The fraction of sp³-hybridized carbons (Fsp3) is 0.500. The number of carbonyl (C=O) groups is 2. The molecule has 0 bridgehead atoms. The molecule has 1 aromatic rings. The Kier molecular flexibility index (Phi) is 3.04. The molecule has 0 spiro atoms. The molecule has 2 heterocycles. The van der Waals surface area contributed by atoms with E-state index >= 15 is 0 Å². The molecule has 0 unspecified atom stereocenters. The minimum atomic E-state index is -0.302. The summed E-state index contributed by atoms with van der Waals surface area (Å²) in [4.78, 5) is 25.0. The second kappa shape index (κ2) is 4.62. The summed E-state index contributed by atoms with van der Waals surface area (Å²) in [7, 11) is 0. The first-order valence-electron chi connectivity index (χ1n) is 7.08. The van der Waals surface area contributed by atoms with E-state index in [1.807, 2.05) is 30.9 Å². The van der Waals surface area contributed by atoms with E-state index in [0.29, 0.717) is 12.0 Å². The van der Waals surface area contributed by atoms with Gasteiger partial charge in [0.05, 0.1) is 6.04 Å². The molecule has 0 aromatic heterocycles. The average Bonchev–Trinajstić information content (AvgIpc) is 2.82. The third-order valence-electron chi connectivity index (χ3n) is 4.09. The molecule has 2 aliphatic rings. The molecule has 20 heavy (non-hydrogen) atoms. The molecule has 1 atom stereocenters. The summed E-state index contributed by atoms with van der Waals surface area (Å²) in [5, 5.41) is 0. The van der Waals surface area contributed by atoms with Gasteiger partial charge in [-0.2, -0.15) is 0 Å². The molecule has 1 saturated heterocycles. The molecule has 0 aliphatic carbocycles. The van der Waals surface area contributed by atoms with Gasteiger partial charge in [0.25, 0.3) is 0 Å². The number of ether oxygens (including phenoxy) is 1. The molecule has 0 N–H and O–H groups in total. The van der Waals surface area contributed by atoms with Gasteiger partial charge in [0, 0.05) is 30.5 Å². The highest BCUT2D eigenvalue weighted by Crippen LogP contribution is 2.44. The van der Waals surface area contributed by atoms with Gasteiger partial charge in [0.2, 0.25) is 5.91 Å². The Balaban J connectivity index is 2.05. The summed E-state index contributed by atoms with van der Waals surface area (Å²) in [6.45, 7) is 4.87. The van der Waals surface area contributed by atoms with Gasteiger partial charge in [0.1, 0.15) is 17.6 Å². The minimum absolute atomic E-state index is 0.0173. The summed E-state index contributed by atoms with van der Waals surface area (Å²) in [6.07, 6.45) is 3.14. The molecule has 1 aromatic carbocycles. The van der Waals surface area contributed by atoms with Gasteiger partial charge in [0.15, 0.2) is 0 Å². The molecular formula is C16H19NO3. The Morgan fingerprint density at radius 1 is 1.40 bits per heavy atom. The SMILES string of the molecule is CC1(C)C[C@@H](N2CCCC2=O)c2cc(C=O)ccc2O1. The lowest BCUT2D eigenvalue weighted by Gasteiger charge is -2.41. The number of aldehydes is 1. The first-order chi connectivity index (χ1) is 9.50. The average molecular weight is 273 g/mol. The zero-order valence-corrected chi connectivity index (χ0v) is 11.9.